The van der Waals surface area contributed by atoms with E-state index >= 15 is 0 Å². The third kappa shape index (κ3) is 4.12. The van der Waals surface area contributed by atoms with Crippen molar-refractivity contribution in [2.45, 2.75) is 51.0 Å². The third-order valence-corrected chi connectivity index (χ3v) is 3.75. The molecule has 1 aromatic carbocycles. The summed E-state index contributed by atoms with van der Waals surface area (Å²) in [4.78, 5) is 0. The summed E-state index contributed by atoms with van der Waals surface area (Å²) in [6.07, 6.45) is 8.66. The number of rotatable bonds is 4. The van der Waals surface area contributed by atoms with E-state index in [1.165, 1.54) is 38.2 Å². The summed E-state index contributed by atoms with van der Waals surface area (Å²) in [7, 11) is 0. The Balaban J connectivity index is 1.82. The lowest BCUT2D eigenvalue weighted by atomic mass is 9.84. The fourth-order valence-electron chi connectivity index (χ4n) is 2.90. The van der Waals surface area contributed by atoms with Gasteiger partial charge in [0.25, 0.3) is 0 Å². The minimum atomic E-state index is -0.160. The van der Waals surface area contributed by atoms with Gasteiger partial charge in [-0.05, 0) is 36.5 Å². The summed E-state index contributed by atoms with van der Waals surface area (Å²) in [5.41, 5.74) is 7.19. The molecule has 2 heteroatoms. The molecule has 0 aromatic heterocycles. The first-order chi connectivity index (χ1) is 8.24. The van der Waals surface area contributed by atoms with Gasteiger partial charge in [0.2, 0.25) is 0 Å². The van der Waals surface area contributed by atoms with Gasteiger partial charge < -0.3 is 5.73 Å². The number of halogens is 1. The van der Waals surface area contributed by atoms with Gasteiger partial charge in [-0.1, -0.05) is 44.2 Å². The van der Waals surface area contributed by atoms with Crippen LogP contribution < -0.4 is 5.73 Å². The molecule has 2 rings (SSSR count). The Bertz CT molecular complexity index is 345. The molecule has 0 saturated heterocycles. The first kappa shape index (κ1) is 12.6. The van der Waals surface area contributed by atoms with E-state index in [1.807, 2.05) is 6.07 Å². The van der Waals surface area contributed by atoms with Gasteiger partial charge in [0, 0.05) is 6.04 Å². The van der Waals surface area contributed by atoms with Gasteiger partial charge in [0.1, 0.15) is 5.82 Å². The lowest BCUT2D eigenvalue weighted by Gasteiger charge is -2.24. The quantitative estimate of drug-likeness (QED) is 0.846. The van der Waals surface area contributed by atoms with Crippen molar-refractivity contribution in [3.05, 3.63) is 35.6 Å². The summed E-state index contributed by atoms with van der Waals surface area (Å²) in [5.74, 6) is 0.639. The van der Waals surface area contributed by atoms with E-state index in [9.17, 15) is 4.39 Å². The number of nitrogens with two attached hydrogens (primary N) is 1. The molecule has 1 saturated carbocycles. The van der Waals surface area contributed by atoms with Crippen LogP contribution in [-0.4, -0.2) is 6.04 Å². The van der Waals surface area contributed by atoms with E-state index in [2.05, 4.69) is 0 Å². The zero-order valence-corrected chi connectivity index (χ0v) is 10.4. The van der Waals surface area contributed by atoms with E-state index in [0.717, 1.165) is 24.3 Å². The average Bonchev–Trinajstić information content (AvgIpc) is 2.30. The SMILES string of the molecule is NC(Cc1cccc(F)c1)CC1CCCCC1. The molecular weight excluding hydrogens is 213 g/mol. The molecule has 0 amide bonds. The molecule has 1 aliphatic rings. The molecule has 0 radical (unpaired) electrons. The van der Waals surface area contributed by atoms with Crippen LogP contribution in [0, 0.1) is 11.7 Å². The van der Waals surface area contributed by atoms with Crippen LogP contribution in [0.15, 0.2) is 24.3 Å². The fraction of sp³-hybridized carbons (Fsp3) is 0.600. The minimum absolute atomic E-state index is 0.160. The Labute approximate surface area is 103 Å². The molecule has 1 aliphatic carbocycles. The molecule has 1 aromatic rings. The number of hydrogen-bond donors (Lipinski definition) is 1. The van der Waals surface area contributed by atoms with E-state index in [0.29, 0.717) is 0 Å². The highest BCUT2D eigenvalue weighted by atomic mass is 19.1. The van der Waals surface area contributed by atoms with Crippen molar-refractivity contribution in [3.8, 4) is 0 Å². The van der Waals surface area contributed by atoms with E-state index in [-0.39, 0.29) is 11.9 Å². The van der Waals surface area contributed by atoms with Gasteiger partial charge in [-0.2, -0.15) is 0 Å². The second kappa shape index (κ2) is 6.15. The average molecular weight is 235 g/mol. The van der Waals surface area contributed by atoms with Gasteiger partial charge in [-0.25, -0.2) is 4.39 Å². The highest BCUT2D eigenvalue weighted by molar-refractivity contribution is 5.17. The first-order valence-corrected chi connectivity index (χ1v) is 6.74. The third-order valence-electron chi connectivity index (χ3n) is 3.75. The lowest BCUT2D eigenvalue weighted by molar-refractivity contribution is 0.316. The van der Waals surface area contributed by atoms with Crippen molar-refractivity contribution in [2.24, 2.45) is 11.7 Å². The zero-order chi connectivity index (χ0) is 12.1. The predicted molar refractivity (Wildman–Crippen MR) is 69.3 cm³/mol. The van der Waals surface area contributed by atoms with Gasteiger partial charge in [0.05, 0.1) is 0 Å². The minimum Gasteiger partial charge on any atom is -0.327 e. The van der Waals surface area contributed by atoms with Crippen molar-refractivity contribution < 1.29 is 4.39 Å². The fourth-order valence-corrected chi connectivity index (χ4v) is 2.90. The zero-order valence-electron chi connectivity index (χ0n) is 10.4. The largest absolute Gasteiger partial charge is 0.327 e. The Kier molecular flexibility index (Phi) is 4.55. The first-order valence-electron chi connectivity index (χ1n) is 6.74. The maximum atomic E-state index is 13.0. The Morgan fingerprint density at radius 2 is 2.00 bits per heavy atom. The van der Waals surface area contributed by atoms with Crippen LogP contribution in [0.4, 0.5) is 4.39 Å². The molecule has 2 N–H and O–H groups in total. The molecule has 0 aliphatic heterocycles. The normalized spacial score (nSPS) is 19.2. The molecule has 0 heterocycles. The van der Waals surface area contributed by atoms with Crippen molar-refractivity contribution >= 4 is 0 Å². The van der Waals surface area contributed by atoms with E-state index < -0.39 is 0 Å². The van der Waals surface area contributed by atoms with Crippen LogP contribution >= 0.6 is 0 Å². The predicted octanol–water partition coefficient (Wildman–Crippen LogP) is 3.67. The highest BCUT2D eigenvalue weighted by Crippen LogP contribution is 2.27. The van der Waals surface area contributed by atoms with Crippen LogP contribution in [0.2, 0.25) is 0 Å². The highest BCUT2D eigenvalue weighted by Gasteiger charge is 2.16. The topological polar surface area (TPSA) is 26.0 Å². The van der Waals surface area contributed by atoms with Crippen LogP contribution in [0.3, 0.4) is 0 Å². The van der Waals surface area contributed by atoms with Crippen molar-refractivity contribution in [2.75, 3.05) is 0 Å². The molecule has 1 unspecified atom stereocenters. The van der Waals surface area contributed by atoms with Crippen molar-refractivity contribution in [1.29, 1.82) is 0 Å². The standard InChI is InChI=1S/C15H22FN/c16-14-8-4-7-13(9-14)11-15(17)10-12-5-2-1-3-6-12/h4,7-9,12,15H,1-3,5-6,10-11,17H2. The van der Waals surface area contributed by atoms with E-state index in [1.54, 1.807) is 12.1 Å². The van der Waals surface area contributed by atoms with Crippen LogP contribution in [0.5, 0.6) is 0 Å². The number of benzene rings is 1. The molecule has 1 nitrogen and oxygen atoms in total. The van der Waals surface area contributed by atoms with Gasteiger partial charge in [-0.3, -0.25) is 0 Å². The molecular formula is C15H22FN. The molecule has 17 heavy (non-hydrogen) atoms. The Morgan fingerprint density at radius 3 is 2.71 bits per heavy atom. The van der Waals surface area contributed by atoms with Gasteiger partial charge >= 0.3 is 0 Å². The second-order valence-corrected chi connectivity index (χ2v) is 5.33. The summed E-state index contributed by atoms with van der Waals surface area (Å²) < 4.78 is 13.0. The lowest BCUT2D eigenvalue weighted by Crippen LogP contribution is -2.27. The molecule has 0 spiro atoms. The summed E-state index contributed by atoms with van der Waals surface area (Å²) in [6.45, 7) is 0. The molecule has 1 fully saturated rings. The Hall–Kier alpha value is -0.890. The maximum Gasteiger partial charge on any atom is 0.123 e. The summed E-state index contributed by atoms with van der Waals surface area (Å²) >= 11 is 0. The second-order valence-electron chi connectivity index (χ2n) is 5.33. The maximum absolute atomic E-state index is 13.0. The van der Waals surface area contributed by atoms with Crippen molar-refractivity contribution in [3.63, 3.8) is 0 Å². The summed E-state index contributed by atoms with van der Waals surface area (Å²) in [5, 5.41) is 0. The van der Waals surface area contributed by atoms with E-state index in [4.69, 9.17) is 5.73 Å². The summed E-state index contributed by atoms with van der Waals surface area (Å²) in [6, 6.07) is 6.98. The van der Waals surface area contributed by atoms with Crippen molar-refractivity contribution in [1.82, 2.24) is 0 Å². The monoisotopic (exact) mass is 235 g/mol. The van der Waals surface area contributed by atoms with Crippen LogP contribution in [0.25, 0.3) is 0 Å². The molecule has 0 bridgehead atoms. The van der Waals surface area contributed by atoms with Crippen LogP contribution in [-0.2, 0) is 6.42 Å². The Morgan fingerprint density at radius 1 is 1.24 bits per heavy atom. The van der Waals surface area contributed by atoms with Gasteiger partial charge in [0.15, 0.2) is 0 Å². The smallest absolute Gasteiger partial charge is 0.123 e. The molecule has 1 atom stereocenters. The molecule has 94 valence electrons. The van der Waals surface area contributed by atoms with Gasteiger partial charge in [-0.15, -0.1) is 0 Å². The number of hydrogen-bond acceptors (Lipinski definition) is 1. The van der Waals surface area contributed by atoms with Crippen LogP contribution in [0.1, 0.15) is 44.1 Å².